The van der Waals surface area contributed by atoms with Gasteiger partial charge in [-0.15, -0.1) is 0 Å². The minimum absolute atomic E-state index is 0.200. The van der Waals surface area contributed by atoms with Crippen LogP contribution in [0.3, 0.4) is 0 Å². The van der Waals surface area contributed by atoms with Crippen LogP contribution in [0.25, 0.3) is 0 Å². The van der Waals surface area contributed by atoms with Crippen molar-refractivity contribution in [2.45, 2.75) is 39.2 Å². The molecule has 0 bridgehead atoms. The third-order valence-electron chi connectivity index (χ3n) is 3.06. The van der Waals surface area contributed by atoms with Crippen molar-refractivity contribution < 1.29 is 15.0 Å². The van der Waals surface area contributed by atoms with Gasteiger partial charge in [0.1, 0.15) is 0 Å². The molecule has 0 saturated heterocycles. The number of carboxylic acid groups (broad SMARTS) is 1. The third kappa shape index (κ3) is 1.61. The number of carboxylic acids is 1. The van der Waals surface area contributed by atoms with Crippen LogP contribution in [-0.2, 0) is 4.79 Å². The fraction of sp³-hybridized carbons (Fsp3) is 0.700. The van der Waals surface area contributed by atoms with E-state index in [9.17, 15) is 9.90 Å². The second-order valence-corrected chi connectivity index (χ2v) is 4.07. The maximum atomic E-state index is 10.9. The van der Waals surface area contributed by atoms with Crippen molar-refractivity contribution >= 4 is 5.97 Å². The number of aliphatic hydroxyl groups is 1. The van der Waals surface area contributed by atoms with E-state index >= 15 is 0 Å². The SMILES string of the molecule is CC1=C(C)C[C@@](O)(C(=O)O)[C@H](C)C1. The smallest absolute Gasteiger partial charge is 0.336 e. The normalized spacial score (nSPS) is 34.9. The van der Waals surface area contributed by atoms with E-state index in [0.29, 0.717) is 6.42 Å². The van der Waals surface area contributed by atoms with Crippen LogP contribution in [-0.4, -0.2) is 21.8 Å². The molecule has 0 unspecified atom stereocenters. The zero-order valence-corrected chi connectivity index (χ0v) is 8.29. The van der Waals surface area contributed by atoms with Crippen molar-refractivity contribution in [3.05, 3.63) is 11.1 Å². The first-order valence-electron chi connectivity index (χ1n) is 4.49. The van der Waals surface area contributed by atoms with Crippen LogP contribution in [0.15, 0.2) is 11.1 Å². The molecule has 74 valence electrons. The molecule has 0 heterocycles. The molecule has 13 heavy (non-hydrogen) atoms. The van der Waals surface area contributed by atoms with Gasteiger partial charge >= 0.3 is 5.97 Å². The van der Waals surface area contributed by atoms with Crippen molar-refractivity contribution in [3.8, 4) is 0 Å². The van der Waals surface area contributed by atoms with Gasteiger partial charge in [0.2, 0.25) is 0 Å². The number of aliphatic carboxylic acids is 1. The maximum Gasteiger partial charge on any atom is 0.336 e. The minimum atomic E-state index is -1.55. The van der Waals surface area contributed by atoms with Gasteiger partial charge in [0, 0.05) is 6.42 Å². The van der Waals surface area contributed by atoms with E-state index in [0.717, 1.165) is 5.57 Å². The van der Waals surface area contributed by atoms with Crippen molar-refractivity contribution in [1.82, 2.24) is 0 Å². The third-order valence-corrected chi connectivity index (χ3v) is 3.06. The van der Waals surface area contributed by atoms with Crippen LogP contribution in [0.1, 0.15) is 33.6 Å². The Morgan fingerprint density at radius 3 is 2.46 bits per heavy atom. The molecule has 1 rings (SSSR count). The first kappa shape index (κ1) is 10.3. The lowest BCUT2D eigenvalue weighted by Crippen LogP contribution is -2.47. The largest absolute Gasteiger partial charge is 0.479 e. The zero-order valence-electron chi connectivity index (χ0n) is 8.29. The molecule has 0 aromatic heterocycles. The van der Waals surface area contributed by atoms with E-state index in [1.807, 2.05) is 13.8 Å². The maximum absolute atomic E-state index is 10.9. The molecule has 0 aromatic rings. The summed E-state index contributed by atoms with van der Waals surface area (Å²) in [6, 6.07) is 0. The van der Waals surface area contributed by atoms with E-state index in [1.165, 1.54) is 5.57 Å². The van der Waals surface area contributed by atoms with Gasteiger partial charge in [0.05, 0.1) is 0 Å². The van der Waals surface area contributed by atoms with Crippen molar-refractivity contribution in [1.29, 1.82) is 0 Å². The number of carbonyl (C=O) groups is 1. The Kier molecular flexibility index (Phi) is 2.48. The van der Waals surface area contributed by atoms with Crippen LogP contribution < -0.4 is 0 Å². The molecule has 3 nitrogen and oxygen atoms in total. The van der Waals surface area contributed by atoms with E-state index in [-0.39, 0.29) is 12.3 Å². The summed E-state index contributed by atoms with van der Waals surface area (Å²) in [6.45, 7) is 5.66. The van der Waals surface area contributed by atoms with Gasteiger partial charge in [0.15, 0.2) is 5.60 Å². The number of allylic oxidation sites excluding steroid dienone is 1. The number of rotatable bonds is 1. The van der Waals surface area contributed by atoms with Crippen molar-refractivity contribution in [2.75, 3.05) is 0 Å². The van der Waals surface area contributed by atoms with Crippen LogP contribution in [0.4, 0.5) is 0 Å². The summed E-state index contributed by atoms with van der Waals surface area (Å²) in [7, 11) is 0. The van der Waals surface area contributed by atoms with Gasteiger partial charge < -0.3 is 10.2 Å². The molecule has 0 saturated carbocycles. The summed E-state index contributed by atoms with van der Waals surface area (Å²) >= 11 is 0. The Labute approximate surface area is 78.1 Å². The lowest BCUT2D eigenvalue weighted by molar-refractivity contribution is -0.164. The Balaban J connectivity index is 2.99. The molecule has 0 aliphatic heterocycles. The zero-order chi connectivity index (χ0) is 10.2. The van der Waals surface area contributed by atoms with Crippen LogP contribution in [0.2, 0.25) is 0 Å². The standard InChI is InChI=1S/C10H16O3/c1-6-4-8(3)10(13,9(11)12)5-7(6)2/h8,13H,4-5H2,1-3H3,(H,11,12)/t8-,10+/m1/s1. The monoisotopic (exact) mass is 184 g/mol. The molecule has 3 heteroatoms. The summed E-state index contributed by atoms with van der Waals surface area (Å²) in [5.41, 5.74) is 0.658. The molecule has 1 aliphatic rings. The molecular formula is C10H16O3. The highest BCUT2D eigenvalue weighted by atomic mass is 16.4. The summed E-state index contributed by atoms with van der Waals surface area (Å²) in [5.74, 6) is -1.31. The highest BCUT2D eigenvalue weighted by Crippen LogP contribution is 2.36. The van der Waals surface area contributed by atoms with Crippen LogP contribution >= 0.6 is 0 Å². The Bertz CT molecular complexity index is 267. The van der Waals surface area contributed by atoms with E-state index in [4.69, 9.17) is 5.11 Å². The van der Waals surface area contributed by atoms with E-state index in [1.54, 1.807) is 6.92 Å². The molecule has 0 amide bonds. The van der Waals surface area contributed by atoms with Gasteiger partial charge in [-0.3, -0.25) is 0 Å². The van der Waals surface area contributed by atoms with Crippen molar-refractivity contribution in [3.63, 3.8) is 0 Å². The fourth-order valence-electron chi connectivity index (χ4n) is 1.82. The second kappa shape index (κ2) is 3.14. The van der Waals surface area contributed by atoms with Gasteiger partial charge in [-0.2, -0.15) is 0 Å². The van der Waals surface area contributed by atoms with E-state index < -0.39 is 11.6 Å². The lowest BCUT2D eigenvalue weighted by atomic mass is 9.74. The molecule has 0 radical (unpaired) electrons. The molecule has 1 aliphatic carbocycles. The van der Waals surface area contributed by atoms with Gasteiger partial charge in [-0.25, -0.2) is 4.79 Å². The Hall–Kier alpha value is -0.830. The van der Waals surface area contributed by atoms with Crippen LogP contribution in [0.5, 0.6) is 0 Å². The highest BCUT2D eigenvalue weighted by molar-refractivity contribution is 5.78. The quantitative estimate of drug-likeness (QED) is 0.608. The van der Waals surface area contributed by atoms with Crippen LogP contribution in [0, 0.1) is 5.92 Å². The number of hydrogen-bond donors (Lipinski definition) is 2. The van der Waals surface area contributed by atoms with Gasteiger partial charge in [-0.05, 0) is 26.2 Å². The second-order valence-electron chi connectivity index (χ2n) is 4.07. The lowest BCUT2D eigenvalue weighted by Gasteiger charge is -2.35. The molecule has 2 atom stereocenters. The number of hydrogen-bond acceptors (Lipinski definition) is 2. The topological polar surface area (TPSA) is 57.5 Å². The summed E-state index contributed by atoms with van der Waals surface area (Å²) in [4.78, 5) is 10.9. The summed E-state index contributed by atoms with van der Waals surface area (Å²) in [5, 5.41) is 18.8. The first-order chi connectivity index (χ1) is 5.88. The first-order valence-corrected chi connectivity index (χ1v) is 4.49. The fourth-order valence-corrected chi connectivity index (χ4v) is 1.82. The molecule has 0 aromatic carbocycles. The summed E-state index contributed by atoms with van der Waals surface area (Å²) < 4.78 is 0. The highest BCUT2D eigenvalue weighted by Gasteiger charge is 2.44. The molecule has 2 N–H and O–H groups in total. The predicted octanol–water partition coefficient (Wildman–Crippen LogP) is 1.57. The van der Waals surface area contributed by atoms with E-state index in [2.05, 4.69) is 0 Å². The average Bonchev–Trinajstić information content (AvgIpc) is 2.01. The molecular weight excluding hydrogens is 168 g/mol. The minimum Gasteiger partial charge on any atom is -0.479 e. The van der Waals surface area contributed by atoms with Gasteiger partial charge in [0.25, 0.3) is 0 Å². The van der Waals surface area contributed by atoms with Gasteiger partial charge in [-0.1, -0.05) is 18.1 Å². The molecule has 0 fully saturated rings. The van der Waals surface area contributed by atoms with Crippen molar-refractivity contribution in [2.24, 2.45) is 5.92 Å². The molecule has 0 spiro atoms. The Morgan fingerprint density at radius 1 is 1.46 bits per heavy atom. The Morgan fingerprint density at radius 2 is 2.00 bits per heavy atom. The summed E-state index contributed by atoms with van der Waals surface area (Å²) in [6.07, 6.45) is 0.934. The average molecular weight is 184 g/mol. The predicted molar refractivity (Wildman–Crippen MR) is 49.4 cm³/mol.